The number of methoxy groups -OCH3 is 1. The van der Waals surface area contributed by atoms with Crippen LogP contribution in [0.2, 0.25) is 15.3 Å². The molecule has 0 radical (unpaired) electrons. The third kappa shape index (κ3) is 3.70. The van der Waals surface area contributed by atoms with E-state index in [1.165, 1.54) is 6.33 Å². The maximum absolute atomic E-state index is 6.14. The van der Waals surface area contributed by atoms with Crippen molar-refractivity contribution in [3.63, 3.8) is 0 Å². The van der Waals surface area contributed by atoms with Crippen molar-refractivity contribution in [3.05, 3.63) is 75.0 Å². The van der Waals surface area contributed by atoms with Crippen LogP contribution in [0.25, 0.3) is 0 Å². The van der Waals surface area contributed by atoms with E-state index in [-0.39, 0.29) is 10.3 Å². The molecule has 3 aromatic rings. The van der Waals surface area contributed by atoms with Gasteiger partial charge in [-0.2, -0.15) is 5.10 Å². The molecule has 2 heterocycles. The molecule has 1 aromatic carbocycles. The van der Waals surface area contributed by atoms with Crippen molar-refractivity contribution in [2.24, 2.45) is 0 Å². The van der Waals surface area contributed by atoms with E-state index in [2.05, 4.69) is 15.1 Å². The van der Waals surface area contributed by atoms with Crippen molar-refractivity contribution in [3.8, 4) is 0 Å². The third-order valence-corrected chi connectivity index (χ3v) is 4.29. The highest BCUT2D eigenvalue weighted by Crippen LogP contribution is 2.33. The maximum Gasteiger partial charge on any atom is 0.140 e. The average Bonchev–Trinajstić information content (AvgIpc) is 2.99. The lowest BCUT2D eigenvalue weighted by Crippen LogP contribution is -2.09. The van der Waals surface area contributed by atoms with Crippen molar-refractivity contribution in [1.82, 2.24) is 19.7 Å². The van der Waals surface area contributed by atoms with Gasteiger partial charge in [0.2, 0.25) is 0 Å². The number of benzene rings is 1. The minimum atomic E-state index is -0.549. The molecular weight excluding hydrogens is 371 g/mol. The zero-order valence-corrected chi connectivity index (χ0v) is 14.9. The molecular formula is C16H13Cl3N4O. The van der Waals surface area contributed by atoms with Crippen LogP contribution in [0.1, 0.15) is 22.9 Å². The zero-order valence-electron chi connectivity index (χ0n) is 12.7. The molecule has 0 aliphatic heterocycles. The van der Waals surface area contributed by atoms with Crippen LogP contribution in [0.4, 0.5) is 0 Å². The van der Waals surface area contributed by atoms with Gasteiger partial charge in [0.15, 0.2) is 0 Å². The Morgan fingerprint density at radius 2 is 1.88 bits per heavy atom. The summed E-state index contributed by atoms with van der Waals surface area (Å²) in [7, 11) is 1.56. The Labute approximate surface area is 154 Å². The quantitative estimate of drug-likeness (QED) is 0.612. The summed E-state index contributed by atoms with van der Waals surface area (Å²) in [5.41, 5.74) is 2.21. The third-order valence-electron chi connectivity index (χ3n) is 3.45. The van der Waals surface area contributed by atoms with E-state index < -0.39 is 6.10 Å². The molecule has 0 aliphatic rings. The van der Waals surface area contributed by atoms with Crippen LogP contribution in [0.15, 0.2) is 42.9 Å². The summed E-state index contributed by atoms with van der Waals surface area (Å²) in [5.74, 6) is 0. The molecule has 0 amide bonds. The van der Waals surface area contributed by atoms with Crippen LogP contribution in [0, 0.1) is 0 Å². The van der Waals surface area contributed by atoms with Crippen molar-refractivity contribution in [2.75, 3.05) is 7.11 Å². The average molecular weight is 384 g/mol. The summed E-state index contributed by atoms with van der Waals surface area (Å²) < 4.78 is 7.31. The second-order valence-corrected chi connectivity index (χ2v) is 6.21. The SMILES string of the molecule is COC(c1ccn(Cc2cccc(Cl)c2)n1)c1c(Cl)ncnc1Cl. The Morgan fingerprint density at radius 1 is 1.12 bits per heavy atom. The van der Waals surface area contributed by atoms with Gasteiger partial charge in [0.1, 0.15) is 22.7 Å². The Kier molecular flexibility index (Phi) is 5.36. The van der Waals surface area contributed by atoms with Gasteiger partial charge in [-0.3, -0.25) is 4.68 Å². The van der Waals surface area contributed by atoms with Crippen molar-refractivity contribution in [1.29, 1.82) is 0 Å². The van der Waals surface area contributed by atoms with Gasteiger partial charge in [-0.25, -0.2) is 9.97 Å². The highest BCUT2D eigenvalue weighted by molar-refractivity contribution is 6.34. The molecule has 0 saturated heterocycles. The highest BCUT2D eigenvalue weighted by Gasteiger charge is 2.23. The molecule has 3 rings (SSSR count). The first-order chi connectivity index (χ1) is 11.6. The predicted molar refractivity (Wildman–Crippen MR) is 93.7 cm³/mol. The molecule has 24 heavy (non-hydrogen) atoms. The van der Waals surface area contributed by atoms with Gasteiger partial charge < -0.3 is 4.74 Å². The molecule has 0 fully saturated rings. The predicted octanol–water partition coefficient (Wildman–Crippen LogP) is 4.42. The van der Waals surface area contributed by atoms with Crippen molar-refractivity contribution < 1.29 is 4.74 Å². The van der Waals surface area contributed by atoms with Crippen LogP contribution in [-0.2, 0) is 11.3 Å². The summed E-state index contributed by atoms with van der Waals surface area (Å²) in [6, 6.07) is 9.47. The van der Waals surface area contributed by atoms with Gasteiger partial charge in [-0.05, 0) is 23.8 Å². The minimum absolute atomic E-state index is 0.242. The van der Waals surface area contributed by atoms with E-state index in [1.54, 1.807) is 11.8 Å². The van der Waals surface area contributed by atoms with Gasteiger partial charge >= 0.3 is 0 Å². The number of hydrogen-bond acceptors (Lipinski definition) is 4. The fourth-order valence-corrected chi connectivity index (χ4v) is 3.11. The summed E-state index contributed by atoms with van der Waals surface area (Å²) in [6.07, 6.45) is 2.61. The number of ether oxygens (including phenoxy) is 1. The Balaban J connectivity index is 1.88. The first-order valence-corrected chi connectivity index (χ1v) is 8.18. The van der Waals surface area contributed by atoms with E-state index in [0.717, 1.165) is 5.56 Å². The molecule has 0 spiro atoms. The van der Waals surface area contributed by atoms with Crippen molar-refractivity contribution in [2.45, 2.75) is 12.6 Å². The monoisotopic (exact) mass is 382 g/mol. The number of rotatable bonds is 5. The Bertz CT molecular complexity index is 833. The maximum atomic E-state index is 6.14. The van der Waals surface area contributed by atoms with Crippen LogP contribution in [-0.4, -0.2) is 26.9 Å². The summed E-state index contributed by atoms with van der Waals surface area (Å²) >= 11 is 18.3. The molecule has 124 valence electrons. The largest absolute Gasteiger partial charge is 0.370 e. The molecule has 0 saturated carbocycles. The van der Waals surface area contributed by atoms with E-state index in [1.807, 2.05) is 36.5 Å². The van der Waals surface area contributed by atoms with Gasteiger partial charge in [0, 0.05) is 18.3 Å². The van der Waals surface area contributed by atoms with Crippen LogP contribution < -0.4 is 0 Å². The lowest BCUT2D eigenvalue weighted by molar-refractivity contribution is 0.132. The second kappa shape index (κ2) is 7.49. The Hall–Kier alpha value is -1.66. The van der Waals surface area contributed by atoms with E-state index >= 15 is 0 Å². The second-order valence-electron chi connectivity index (χ2n) is 5.05. The first-order valence-electron chi connectivity index (χ1n) is 7.05. The topological polar surface area (TPSA) is 52.8 Å². The first kappa shape index (κ1) is 17.2. The zero-order chi connectivity index (χ0) is 17.1. The molecule has 8 heteroatoms. The molecule has 0 aliphatic carbocycles. The van der Waals surface area contributed by atoms with E-state index in [4.69, 9.17) is 39.5 Å². The molecule has 0 bridgehead atoms. The molecule has 2 aromatic heterocycles. The number of hydrogen-bond donors (Lipinski definition) is 0. The Morgan fingerprint density at radius 3 is 2.54 bits per heavy atom. The number of nitrogens with zero attached hydrogens (tertiary/aromatic N) is 4. The lowest BCUT2D eigenvalue weighted by atomic mass is 10.1. The lowest BCUT2D eigenvalue weighted by Gasteiger charge is -2.15. The van der Waals surface area contributed by atoms with Gasteiger partial charge in [0.05, 0.1) is 17.8 Å². The molecule has 0 N–H and O–H groups in total. The van der Waals surface area contributed by atoms with E-state index in [9.17, 15) is 0 Å². The van der Waals surface area contributed by atoms with Crippen LogP contribution in [0.5, 0.6) is 0 Å². The molecule has 1 atom stereocenters. The summed E-state index contributed by atoms with van der Waals surface area (Å²) in [4.78, 5) is 7.92. The fourth-order valence-electron chi connectivity index (χ4n) is 2.38. The fraction of sp³-hybridized carbons (Fsp3) is 0.188. The minimum Gasteiger partial charge on any atom is -0.370 e. The smallest absolute Gasteiger partial charge is 0.140 e. The summed E-state index contributed by atoms with van der Waals surface area (Å²) in [5, 5.41) is 5.71. The highest BCUT2D eigenvalue weighted by atomic mass is 35.5. The molecule has 1 unspecified atom stereocenters. The van der Waals surface area contributed by atoms with E-state index in [0.29, 0.717) is 22.8 Å². The normalized spacial score (nSPS) is 12.3. The van der Waals surface area contributed by atoms with Crippen LogP contribution >= 0.6 is 34.8 Å². The van der Waals surface area contributed by atoms with Gasteiger partial charge in [0.25, 0.3) is 0 Å². The number of aromatic nitrogens is 4. The number of halogens is 3. The van der Waals surface area contributed by atoms with Gasteiger partial charge in [-0.1, -0.05) is 46.9 Å². The standard InChI is InChI=1S/C16H13Cl3N4O/c1-24-14(13-15(18)20-9-21-16(13)19)12-5-6-23(22-12)8-10-3-2-4-11(17)7-10/h2-7,9,14H,8H2,1H3. The van der Waals surface area contributed by atoms with Gasteiger partial charge in [-0.15, -0.1) is 0 Å². The molecule has 5 nitrogen and oxygen atoms in total. The van der Waals surface area contributed by atoms with Crippen molar-refractivity contribution >= 4 is 34.8 Å². The van der Waals surface area contributed by atoms with Crippen LogP contribution in [0.3, 0.4) is 0 Å². The summed E-state index contributed by atoms with van der Waals surface area (Å²) in [6.45, 7) is 0.587.